The van der Waals surface area contributed by atoms with E-state index in [1.54, 1.807) is 18.2 Å². The molecule has 1 saturated heterocycles. The molecule has 0 aromatic heterocycles. The van der Waals surface area contributed by atoms with E-state index in [0.29, 0.717) is 29.3 Å². The standard InChI is InChI=1S/C18H20N4O4S/c1-2-19-18(27)20-8-10-4-3-5-11-15(10)13(23)9-22(17(11)26)12-6-7-14(24)21-16(12)25/h3-5,12H,2,6-9H2,1H3,(H2,19,20,27)(H,21,24,25). The molecule has 0 bridgehead atoms. The maximum atomic E-state index is 12.9. The Labute approximate surface area is 161 Å². The van der Waals surface area contributed by atoms with E-state index in [0.717, 1.165) is 0 Å². The molecule has 3 N–H and O–H groups in total. The summed E-state index contributed by atoms with van der Waals surface area (Å²) in [6.07, 6.45) is 0.365. The molecule has 27 heavy (non-hydrogen) atoms. The normalized spacial score (nSPS) is 19.4. The fourth-order valence-electron chi connectivity index (χ4n) is 3.35. The van der Waals surface area contributed by atoms with E-state index in [2.05, 4.69) is 16.0 Å². The first kappa shape index (κ1) is 19.0. The fourth-order valence-corrected chi connectivity index (χ4v) is 3.56. The van der Waals surface area contributed by atoms with Crippen LogP contribution in [0.3, 0.4) is 0 Å². The first-order valence-corrected chi connectivity index (χ1v) is 9.14. The SMILES string of the molecule is CCNC(=S)NCc1cccc2c1C(=O)CN(C1CCC(=O)NC1=O)C2=O. The molecule has 2 aliphatic heterocycles. The largest absolute Gasteiger partial charge is 0.363 e. The zero-order chi connectivity index (χ0) is 19.6. The predicted octanol–water partition coefficient (Wildman–Crippen LogP) is 0.114. The van der Waals surface area contributed by atoms with Crippen molar-refractivity contribution in [3.05, 3.63) is 34.9 Å². The van der Waals surface area contributed by atoms with Gasteiger partial charge in [0, 0.05) is 25.1 Å². The number of amides is 3. The Bertz CT molecular complexity index is 839. The molecular formula is C18H20N4O4S. The number of hydrogen-bond donors (Lipinski definition) is 3. The highest BCUT2D eigenvalue weighted by molar-refractivity contribution is 7.80. The number of piperidine rings is 1. The Morgan fingerprint density at radius 1 is 1.26 bits per heavy atom. The number of Topliss-reactive ketones (excluding diaryl/α,β-unsaturated/α-hetero) is 1. The first-order valence-electron chi connectivity index (χ1n) is 8.73. The average molecular weight is 388 g/mol. The van der Waals surface area contributed by atoms with Gasteiger partial charge in [-0.3, -0.25) is 24.5 Å². The number of hydrogen-bond acceptors (Lipinski definition) is 5. The van der Waals surface area contributed by atoms with E-state index in [-0.39, 0.29) is 42.5 Å². The van der Waals surface area contributed by atoms with E-state index in [1.165, 1.54) is 4.90 Å². The number of benzene rings is 1. The molecule has 0 aliphatic carbocycles. The van der Waals surface area contributed by atoms with Gasteiger partial charge in [-0.05, 0) is 37.2 Å². The lowest BCUT2D eigenvalue weighted by Gasteiger charge is -2.35. The molecule has 1 atom stereocenters. The van der Waals surface area contributed by atoms with Crippen molar-refractivity contribution in [3.8, 4) is 0 Å². The highest BCUT2D eigenvalue weighted by Crippen LogP contribution is 2.26. The molecule has 1 aromatic rings. The fraction of sp³-hybridized carbons (Fsp3) is 0.389. The summed E-state index contributed by atoms with van der Waals surface area (Å²) >= 11 is 5.13. The van der Waals surface area contributed by atoms with Crippen LogP contribution in [0.25, 0.3) is 0 Å². The molecule has 1 unspecified atom stereocenters. The van der Waals surface area contributed by atoms with Gasteiger partial charge in [-0.2, -0.15) is 0 Å². The lowest BCUT2D eigenvalue weighted by molar-refractivity contribution is -0.136. The molecule has 2 aliphatic rings. The molecule has 2 heterocycles. The van der Waals surface area contributed by atoms with Crippen molar-refractivity contribution in [2.24, 2.45) is 0 Å². The van der Waals surface area contributed by atoms with Crippen LogP contribution in [0.2, 0.25) is 0 Å². The van der Waals surface area contributed by atoms with Crippen molar-refractivity contribution in [3.63, 3.8) is 0 Å². The number of ketones is 1. The summed E-state index contributed by atoms with van der Waals surface area (Å²) in [5, 5.41) is 8.67. The molecule has 0 saturated carbocycles. The van der Waals surface area contributed by atoms with Crippen LogP contribution in [0.1, 0.15) is 46.0 Å². The van der Waals surface area contributed by atoms with Gasteiger partial charge in [-0.25, -0.2) is 0 Å². The van der Waals surface area contributed by atoms with Crippen LogP contribution in [-0.4, -0.2) is 52.6 Å². The van der Waals surface area contributed by atoms with Crippen molar-refractivity contribution >= 4 is 40.8 Å². The van der Waals surface area contributed by atoms with Crippen molar-refractivity contribution < 1.29 is 19.2 Å². The molecule has 1 aromatic carbocycles. The average Bonchev–Trinajstić information content (AvgIpc) is 2.63. The van der Waals surface area contributed by atoms with Crippen LogP contribution < -0.4 is 16.0 Å². The van der Waals surface area contributed by atoms with Gasteiger partial charge in [0.1, 0.15) is 6.04 Å². The quantitative estimate of drug-likeness (QED) is 0.496. The van der Waals surface area contributed by atoms with Gasteiger partial charge in [-0.15, -0.1) is 0 Å². The smallest absolute Gasteiger partial charge is 0.255 e. The third kappa shape index (κ3) is 3.82. The highest BCUT2D eigenvalue weighted by atomic mass is 32.1. The van der Waals surface area contributed by atoms with Crippen LogP contribution >= 0.6 is 12.2 Å². The van der Waals surface area contributed by atoms with Gasteiger partial charge >= 0.3 is 0 Å². The topological polar surface area (TPSA) is 108 Å². The lowest BCUT2D eigenvalue weighted by atomic mass is 9.91. The number of carbonyl (C=O) groups is 4. The minimum Gasteiger partial charge on any atom is -0.363 e. The second-order valence-electron chi connectivity index (χ2n) is 6.38. The minimum atomic E-state index is -0.810. The van der Waals surface area contributed by atoms with E-state index in [4.69, 9.17) is 12.2 Å². The van der Waals surface area contributed by atoms with E-state index in [1.807, 2.05) is 6.92 Å². The molecule has 3 amide bonds. The summed E-state index contributed by atoms with van der Waals surface area (Å²) in [4.78, 5) is 50.4. The summed E-state index contributed by atoms with van der Waals surface area (Å²) in [6, 6.07) is 4.24. The number of carbonyl (C=O) groups excluding carboxylic acids is 4. The van der Waals surface area contributed by atoms with Crippen LogP contribution in [0.15, 0.2) is 18.2 Å². The molecule has 0 radical (unpaired) electrons. The molecule has 142 valence electrons. The van der Waals surface area contributed by atoms with Gasteiger partial charge in [-0.1, -0.05) is 12.1 Å². The number of fused-ring (bicyclic) bond motifs is 1. The van der Waals surface area contributed by atoms with Crippen molar-refractivity contribution in [2.75, 3.05) is 13.1 Å². The zero-order valence-electron chi connectivity index (χ0n) is 14.8. The van der Waals surface area contributed by atoms with Gasteiger partial charge in [0.15, 0.2) is 10.9 Å². The molecular weight excluding hydrogens is 368 g/mol. The van der Waals surface area contributed by atoms with Crippen molar-refractivity contribution in [1.82, 2.24) is 20.9 Å². The van der Waals surface area contributed by atoms with Crippen molar-refractivity contribution in [2.45, 2.75) is 32.4 Å². The molecule has 0 spiro atoms. The summed E-state index contributed by atoms with van der Waals surface area (Å²) in [5.41, 5.74) is 1.30. The number of imide groups is 1. The first-order chi connectivity index (χ1) is 12.9. The number of thiocarbonyl (C=S) groups is 1. The third-order valence-corrected chi connectivity index (χ3v) is 4.89. The Hall–Kier alpha value is -2.81. The zero-order valence-corrected chi connectivity index (χ0v) is 15.6. The number of rotatable bonds is 4. The van der Waals surface area contributed by atoms with Crippen molar-refractivity contribution in [1.29, 1.82) is 0 Å². The van der Waals surface area contributed by atoms with Crippen LogP contribution in [0.5, 0.6) is 0 Å². The number of nitrogens with zero attached hydrogens (tertiary/aromatic N) is 1. The second-order valence-corrected chi connectivity index (χ2v) is 6.78. The third-order valence-electron chi connectivity index (χ3n) is 4.60. The summed E-state index contributed by atoms with van der Waals surface area (Å²) in [5.74, 6) is -1.52. The van der Waals surface area contributed by atoms with E-state index in [9.17, 15) is 19.2 Å². The summed E-state index contributed by atoms with van der Waals surface area (Å²) in [7, 11) is 0. The Kier molecular flexibility index (Phi) is 5.50. The number of nitrogens with one attached hydrogen (secondary N) is 3. The van der Waals surface area contributed by atoms with Crippen LogP contribution in [-0.2, 0) is 16.1 Å². The second kappa shape index (κ2) is 7.83. The van der Waals surface area contributed by atoms with E-state index < -0.39 is 11.9 Å². The van der Waals surface area contributed by atoms with Gasteiger partial charge < -0.3 is 15.5 Å². The maximum Gasteiger partial charge on any atom is 0.255 e. The van der Waals surface area contributed by atoms with Gasteiger partial charge in [0.25, 0.3) is 5.91 Å². The molecule has 9 heteroatoms. The molecule has 3 rings (SSSR count). The van der Waals surface area contributed by atoms with Crippen LogP contribution in [0.4, 0.5) is 0 Å². The Morgan fingerprint density at radius 3 is 2.74 bits per heavy atom. The predicted molar refractivity (Wildman–Crippen MR) is 101 cm³/mol. The molecule has 1 fully saturated rings. The molecule has 8 nitrogen and oxygen atoms in total. The maximum absolute atomic E-state index is 12.9. The lowest BCUT2D eigenvalue weighted by Crippen LogP contribution is -2.57. The Balaban J connectivity index is 1.84. The monoisotopic (exact) mass is 388 g/mol. The Morgan fingerprint density at radius 2 is 2.04 bits per heavy atom. The van der Waals surface area contributed by atoms with Crippen LogP contribution in [0, 0.1) is 0 Å². The van der Waals surface area contributed by atoms with E-state index >= 15 is 0 Å². The highest BCUT2D eigenvalue weighted by Gasteiger charge is 2.40. The summed E-state index contributed by atoms with van der Waals surface area (Å²) in [6.45, 7) is 2.72. The summed E-state index contributed by atoms with van der Waals surface area (Å²) < 4.78 is 0. The van der Waals surface area contributed by atoms with Gasteiger partial charge in [0.05, 0.1) is 12.1 Å². The minimum absolute atomic E-state index is 0.146. The van der Waals surface area contributed by atoms with Gasteiger partial charge in [0.2, 0.25) is 11.8 Å².